The number of rotatable bonds is 9. The van der Waals surface area contributed by atoms with Gasteiger partial charge >= 0.3 is 5.97 Å². The minimum atomic E-state index is -1.69. The van der Waals surface area contributed by atoms with Crippen molar-refractivity contribution in [3.8, 4) is 34.3 Å². The highest BCUT2D eigenvalue weighted by Gasteiger charge is 2.48. The Kier molecular flexibility index (Phi) is 9.16. The van der Waals surface area contributed by atoms with Gasteiger partial charge in [0.2, 0.25) is 12.0 Å². The number of aliphatic hydroxyl groups excluding tert-OH is 3. The highest BCUT2D eigenvalue weighted by molar-refractivity contribution is 5.92. The summed E-state index contributed by atoms with van der Waals surface area (Å²) in [5, 5.41) is 42.0. The average Bonchev–Trinajstić information content (AvgIpc) is 3.03. The summed E-state index contributed by atoms with van der Waals surface area (Å²) in [5.41, 5.74) is 0.324. The van der Waals surface area contributed by atoms with Crippen LogP contribution in [0, 0.1) is 0 Å². The zero-order valence-corrected chi connectivity index (χ0v) is 23.7. The summed E-state index contributed by atoms with van der Waals surface area (Å²) in [7, 11) is 2.72. The Morgan fingerprint density at radius 1 is 0.955 bits per heavy atom. The molecule has 12 heteroatoms. The Morgan fingerprint density at radius 2 is 1.68 bits per heavy atom. The average molecular weight is 607 g/mol. The van der Waals surface area contributed by atoms with Crippen molar-refractivity contribution in [2.45, 2.75) is 30.7 Å². The molecule has 1 aromatic heterocycles. The van der Waals surface area contributed by atoms with Crippen molar-refractivity contribution in [2.24, 2.45) is 0 Å². The van der Waals surface area contributed by atoms with Gasteiger partial charge in [0.25, 0.3) is 0 Å². The molecular formula is C32H30O12. The normalized spacial score (nSPS) is 21.7. The molecule has 3 aromatic carbocycles. The highest BCUT2D eigenvalue weighted by Crippen LogP contribution is 2.42. The molecule has 44 heavy (non-hydrogen) atoms. The smallest absolute Gasteiger partial charge is 0.331 e. The van der Waals surface area contributed by atoms with Gasteiger partial charge < -0.3 is 48.5 Å². The molecule has 0 amide bonds. The number of aliphatic hydroxyl groups is 3. The van der Waals surface area contributed by atoms with Crippen LogP contribution in [0.3, 0.4) is 0 Å². The van der Waals surface area contributed by atoms with Gasteiger partial charge in [-0.15, -0.1) is 0 Å². The number of carbonyl (C=O) groups is 1. The third-order valence-electron chi connectivity index (χ3n) is 7.01. The topological polar surface area (TPSA) is 174 Å². The van der Waals surface area contributed by atoms with E-state index in [0.717, 1.165) is 17.7 Å². The van der Waals surface area contributed by atoms with Gasteiger partial charge in [-0.05, 0) is 23.8 Å². The zero-order chi connectivity index (χ0) is 31.4. The first kappa shape index (κ1) is 30.6. The van der Waals surface area contributed by atoms with Gasteiger partial charge in [0.15, 0.2) is 29.0 Å². The van der Waals surface area contributed by atoms with E-state index in [1.54, 1.807) is 42.5 Å². The van der Waals surface area contributed by atoms with Gasteiger partial charge in [0.1, 0.15) is 34.9 Å². The first-order valence-electron chi connectivity index (χ1n) is 13.5. The minimum absolute atomic E-state index is 0.0159. The SMILES string of the molecule is COc1cc(O)c2c(=O)cc(-c3ccccc3O[C@@H]3O[C@@H](CO)[C@@H](O)[C@H](OC(=O)/C=C/c4ccccc4)[C@H]3O)oc2c1OC. The van der Waals surface area contributed by atoms with Gasteiger partial charge in [0, 0.05) is 18.2 Å². The fraction of sp³-hybridized carbons (Fsp3) is 0.250. The van der Waals surface area contributed by atoms with E-state index >= 15 is 0 Å². The van der Waals surface area contributed by atoms with Crippen LogP contribution in [0.25, 0.3) is 28.4 Å². The number of methoxy groups -OCH3 is 2. The van der Waals surface area contributed by atoms with Crippen LogP contribution < -0.4 is 19.6 Å². The van der Waals surface area contributed by atoms with E-state index in [1.807, 2.05) is 6.07 Å². The number of benzene rings is 3. The van der Waals surface area contributed by atoms with E-state index in [1.165, 1.54) is 32.4 Å². The molecule has 0 spiro atoms. The summed E-state index contributed by atoms with van der Waals surface area (Å²) >= 11 is 0. The molecule has 12 nitrogen and oxygen atoms in total. The van der Waals surface area contributed by atoms with Gasteiger partial charge in [-0.2, -0.15) is 0 Å². The number of hydrogen-bond acceptors (Lipinski definition) is 12. The lowest BCUT2D eigenvalue weighted by Crippen LogP contribution is -2.61. The summed E-state index contributed by atoms with van der Waals surface area (Å²) in [6.45, 7) is -0.673. The number of esters is 1. The third kappa shape index (κ3) is 6.10. The Hall–Kier alpha value is -4.88. The maximum atomic E-state index is 13.1. The van der Waals surface area contributed by atoms with Crippen molar-refractivity contribution in [1.82, 2.24) is 0 Å². The lowest BCUT2D eigenvalue weighted by atomic mass is 9.99. The van der Waals surface area contributed by atoms with Crippen LogP contribution in [0.5, 0.6) is 23.0 Å². The van der Waals surface area contributed by atoms with Crippen LogP contribution in [-0.4, -0.2) is 77.9 Å². The second kappa shape index (κ2) is 13.2. The van der Waals surface area contributed by atoms with Crippen molar-refractivity contribution >= 4 is 23.0 Å². The Morgan fingerprint density at radius 3 is 2.39 bits per heavy atom. The monoisotopic (exact) mass is 606 g/mol. The lowest BCUT2D eigenvalue weighted by molar-refractivity contribution is -0.280. The molecule has 2 heterocycles. The maximum Gasteiger partial charge on any atom is 0.331 e. The number of fused-ring (bicyclic) bond motifs is 1. The standard InChI is InChI=1S/C32H30O12/c1-39-23-15-20(35)26-19(34)14-22(41-30(26)29(23)40-2)18-10-6-7-11-21(18)42-32-28(38)31(27(37)24(16-33)43-32)44-25(36)13-12-17-8-4-3-5-9-17/h3-15,24,27-28,31-33,35,37-38H,16H2,1-2H3/b13-12+/t24-,27+,28+,31-,32+/m0/s1. The summed E-state index contributed by atoms with van der Waals surface area (Å²) in [6, 6.07) is 17.7. The molecule has 0 saturated carbocycles. The van der Waals surface area contributed by atoms with E-state index in [-0.39, 0.29) is 45.3 Å². The molecule has 4 N–H and O–H groups in total. The van der Waals surface area contributed by atoms with Gasteiger partial charge in [-0.3, -0.25) is 4.79 Å². The molecule has 0 aliphatic carbocycles. The Balaban J connectivity index is 1.45. The highest BCUT2D eigenvalue weighted by atomic mass is 16.7. The van der Waals surface area contributed by atoms with E-state index < -0.39 is 48.7 Å². The van der Waals surface area contributed by atoms with Crippen LogP contribution in [0.1, 0.15) is 5.56 Å². The second-order valence-electron chi connectivity index (χ2n) is 9.78. The quantitative estimate of drug-likeness (QED) is 0.162. The summed E-state index contributed by atoms with van der Waals surface area (Å²) in [4.78, 5) is 25.7. The molecule has 1 aliphatic rings. The molecular weight excluding hydrogens is 576 g/mol. The number of phenols is 1. The van der Waals surface area contributed by atoms with Crippen molar-refractivity contribution in [3.05, 3.63) is 88.6 Å². The fourth-order valence-electron chi connectivity index (χ4n) is 4.84. The second-order valence-corrected chi connectivity index (χ2v) is 9.78. The van der Waals surface area contributed by atoms with Gasteiger partial charge in [-0.25, -0.2) is 4.79 Å². The van der Waals surface area contributed by atoms with E-state index in [0.29, 0.717) is 0 Å². The van der Waals surface area contributed by atoms with Crippen molar-refractivity contribution in [3.63, 3.8) is 0 Å². The van der Waals surface area contributed by atoms with Crippen LogP contribution in [0.15, 0.2) is 82.0 Å². The first-order chi connectivity index (χ1) is 21.2. The van der Waals surface area contributed by atoms with Crippen LogP contribution in [0.4, 0.5) is 0 Å². The van der Waals surface area contributed by atoms with Crippen LogP contribution in [-0.2, 0) is 14.3 Å². The molecule has 4 aromatic rings. The Labute approximate surface area is 250 Å². The van der Waals surface area contributed by atoms with Crippen molar-refractivity contribution in [2.75, 3.05) is 20.8 Å². The number of para-hydroxylation sites is 1. The number of phenolic OH excluding ortho intramolecular Hbond substituents is 1. The molecule has 5 atom stereocenters. The Bertz CT molecular complexity index is 1710. The van der Waals surface area contributed by atoms with E-state index in [4.69, 9.17) is 28.1 Å². The molecule has 1 fully saturated rings. The predicted molar refractivity (Wildman–Crippen MR) is 156 cm³/mol. The van der Waals surface area contributed by atoms with Crippen LogP contribution >= 0.6 is 0 Å². The van der Waals surface area contributed by atoms with Crippen molar-refractivity contribution < 1.29 is 53.3 Å². The van der Waals surface area contributed by atoms with Crippen LogP contribution in [0.2, 0.25) is 0 Å². The lowest BCUT2D eigenvalue weighted by Gasteiger charge is -2.41. The first-order valence-corrected chi connectivity index (χ1v) is 13.5. The molecule has 230 valence electrons. The number of aromatic hydroxyl groups is 1. The predicted octanol–water partition coefficient (Wildman–Crippen LogP) is 2.63. The zero-order valence-electron chi connectivity index (χ0n) is 23.7. The molecule has 0 radical (unpaired) electrons. The van der Waals surface area contributed by atoms with E-state index in [2.05, 4.69) is 0 Å². The largest absolute Gasteiger partial charge is 0.507 e. The summed E-state index contributed by atoms with van der Waals surface area (Å²) in [5.74, 6) is -0.910. The molecule has 0 bridgehead atoms. The molecule has 1 aliphatic heterocycles. The van der Waals surface area contributed by atoms with Gasteiger partial charge in [-0.1, -0.05) is 42.5 Å². The maximum absolute atomic E-state index is 13.1. The minimum Gasteiger partial charge on any atom is -0.507 e. The number of ether oxygens (including phenoxy) is 5. The van der Waals surface area contributed by atoms with Crippen molar-refractivity contribution in [1.29, 1.82) is 0 Å². The molecule has 0 unspecified atom stereocenters. The molecule has 1 saturated heterocycles. The summed E-state index contributed by atoms with van der Waals surface area (Å²) < 4.78 is 33.6. The number of carbonyl (C=O) groups excluding carboxylic acids is 1. The van der Waals surface area contributed by atoms with Gasteiger partial charge in [0.05, 0.1) is 26.4 Å². The third-order valence-corrected chi connectivity index (χ3v) is 7.01. The summed E-state index contributed by atoms with van der Waals surface area (Å²) in [6.07, 6.45) is -4.94. The van der Waals surface area contributed by atoms with E-state index in [9.17, 15) is 30.0 Å². The number of hydrogen-bond donors (Lipinski definition) is 4. The fourth-order valence-corrected chi connectivity index (χ4v) is 4.84. The molecule has 5 rings (SSSR count).